The lowest BCUT2D eigenvalue weighted by atomic mass is 9.76. The third-order valence-corrected chi connectivity index (χ3v) is 4.47. The molecule has 3 nitrogen and oxygen atoms in total. The van der Waals surface area contributed by atoms with Crippen LogP contribution in [0.2, 0.25) is 0 Å². The van der Waals surface area contributed by atoms with Gasteiger partial charge in [-0.15, -0.1) is 0 Å². The molecule has 1 fully saturated rings. The maximum absolute atomic E-state index is 4.28. The van der Waals surface area contributed by atoms with Crippen molar-refractivity contribution in [3.63, 3.8) is 0 Å². The summed E-state index contributed by atoms with van der Waals surface area (Å²) in [5.41, 5.74) is 1.35. The van der Waals surface area contributed by atoms with Crippen LogP contribution >= 0.6 is 0 Å². The van der Waals surface area contributed by atoms with Crippen LogP contribution in [0.4, 0.5) is 0 Å². The Kier molecular flexibility index (Phi) is 4.81. The normalized spacial score (nSPS) is 26.2. The Labute approximate surface area is 111 Å². The highest BCUT2D eigenvalue weighted by atomic mass is 15.1. The van der Waals surface area contributed by atoms with Crippen LogP contribution in [0.3, 0.4) is 0 Å². The quantitative estimate of drug-likeness (QED) is 0.868. The van der Waals surface area contributed by atoms with Crippen molar-refractivity contribution >= 4 is 0 Å². The molecule has 18 heavy (non-hydrogen) atoms. The van der Waals surface area contributed by atoms with Crippen LogP contribution in [0.25, 0.3) is 0 Å². The summed E-state index contributed by atoms with van der Waals surface area (Å²) in [6, 6.07) is 0.483. The van der Waals surface area contributed by atoms with E-state index in [1.165, 1.54) is 37.8 Å². The van der Waals surface area contributed by atoms with Crippen LogP contribution in [-0.4, -0.2) is 16.1 Å². The molecule has 1 N–H and O–H groups in total. The van der Waals surface area contributed by atoms with E-state index < -0.39 is 0 Å². The predicted molar refractivity (Wildman–Crippen MR) is 75.4 cm³/mol. The molecule has 0 saturated heterocycles. The van der Waals surface area contributed by atoms with Gasteiger partial charge in [0.1, 0.15) is 0 Å². The zero-order valence-electron chi connectivity index (χ0n) is 12.0. The molecule has 1 heterocycles. The summed E-state index contributed by atoms with van der Waals surface area (Å²) >= 11 is 0. The molecule has 0 radical (unpaired) electrons. The third kappa shape index (κ3) is 2.94. The van der Waals surface area contributed by atoms with Crippen molar-refractivity contribution in [2.45, 2.75) is 52.0 Å². The van der Waals surface area contributed by atoms with Crippen LogP contribution in [-0.2, 0) is 7.05 Å². The number of hydrogen-bond donors (Lipinski definition) is 1. The average molecular weight is 249 g/mol. The topological polar surface area (TPSA) is 29.9 Å². The van der Waals surface area contributed by atoms with Crippen molar-refractivity contribution in [1.29, 1.82) is 0 Å². The maximum atomic E-state index is 4.28. The molecule has 0 amide bonds. The Hall–Kier alpha value is -0.830. The van der Waals surface area contributed by atoms with Crippen molar-refractivity contribution < 1.29 is 0 Å². The highest BCUT2D eigenvalue weighted by Crippen LogP contribution is 2.38. The van der Waals surface area contributed by atoms with Crippen molar-refractivity contribution in [1.82, 2.24) is 14.9 Å². The van der Waals surface area contributed by atoms with Gasteiger partial charge in [0, 0.05) is 13.2 Å². The molecule has 0 spiro atoms. The molecule has 3 unspecified atom stereocenters. The van der Waals surface area contributed by atoms with Gasteiger partial charge in [0.25, 0.3) is 0 Å². The molecular formula is C15H27N3. The van der Waals surface area contributed by atoms with E-state index in [4.69, 9.17) is 0 Å². The Balaban J connectivity index is 2.12. The lowest BCUT2D eigenvalue weighted by molar-refractivity contribution is 0.206. The predicted octanol–water partition coefficient (Wildman–Crippen LogP) is 3.29. The van der Waals surface area contributed by atoms with Gasteiger partial charge in [-0.1, -0.05) is 33.1 Å². The molecule has 1 aliphatic rings. The molecule has 1 aromatic rings. The monoisotopic (exact) mass is 249 g/mol. The summed E-state index contributed by atoms with van der Waals surface area (Å²) in [6.07, 6.45) is 10.8. The van der Waals surface area contributed by atoms with Crippen molar-refractivity contribution in [3.8, 4) is 0 Å². The fraction of sp³-hybridized carbons (Fsp3) is 0.800. The lowest BCUT2D eigenvalue weighted by Gasteiger charge is -2.34. The third-order valence-electron chi connectivity index (χ3n) is 4.47. The van der Waals surface area contributed by atoms with Gasteiger partial charge in [0.05, 0.1) is 18.1 Å². The van der Waals surface area contributed by atoms with Crippen LogP contribution in [0.5, 0.6) is 0 Å². The van der Waals surface area contributed by atoms with E-state index in [9.17, 15) is 0 Å². The van der Waals surface area contributed by atoms with Crippen molar-refractivity contribution in [3.05, 3.63) is 18.2 Å². The Morgan fingerprint density at radius 2 is 2.28 bits per heavy atom. The highest BCUT2D eigenvalue weighted by Gasteiger charge is 2.29. The first-order chi connectivity index (χ1) is 8.76. The molecule has 3 atom stereocenters. The van der Waals surface area contributed by atoms with Crippen LogP contribution in [0.15, 0.2) is 12.5 Å². The molecule has 1 aromatic heterocycles. The molecule has 3 heteroatoms. The van der Waals surface area contributed by atoms with Gasteiger partial charge in [0.2, 0.25) is 0 Å². The molecule has 102 valence electrons. The van der Waals surface area contributed by atoms with Gasteiger partial charge in [-0.3, -0.25) is 0 Å². The minimum Gasteiger partial charge on any atom is -0.336 e. The van der Waals surface area contributed by atoms with Gasteiger partial charge < -0.3 is 9.88 Å². The van der Waals surface area contributed by atoms with Crippen LogP contribution in [0, 0.1) is 11.8 Å². The summed E-state index contributed by atoms with van der Waals surface area (Å²) in [5, 5.41) is 3.68. The molecule has 0 aromatic carbocycles. The fourth-order valence-electron chi connectivity index (χ4n) is 3.41. The van der Waals surface area contributed by atoms with E-state index >= 15 is 0 Å². The van der Waals surface area contributed by atoms with Gasteiger partial charge >= 0.3 is 0 Å². The first-order valence-corrected chi connectivity index (χ1v) is 7.45. The van der Waals surface area contributed by atoms with Crippen molar-refractivity contribution in [2.24, 2.45) is 18.9 Å². The van der Waals surface area contributed by atoms with Gasteiger partial charge in [0.15, 0.2) is 0 Å². The van der Waals surface area contributed by atoms with E-state index in [1.54, 1.807) is 0 Å². The zero-order valence-corrected chi connectivity index (χ0v) is 12.0. The largest absolute Gasteiger partial charge is 0.336 e. The Bertz CT molecular complexity index is 358. The summed E-state index contributed by atoms with van der Waals surface area (Å²) < 4.78 is 2.17. The minimum absolute atomic E-state index is 0.483. The van der Waals surface area contributed by atoms with E-state index in [1.807, 2.05) is 12.5 Å². The van der Waals surface area contributed by atoms with Gasteiger partial charge in [-0.2, -0.15) is 0 Å². The molecule has 1 saturated carbocycles. The van der Waals surface area contributed by atoms with E-state index in [2.05, 4.69) is 35.8 Å². The van der Waals surface area contributed by atoms with E-state index in [0.29, 0.717) is 6.04 Å². The number of aryl methyl sites for hydroxylation is 1. The summed E-state index contributed by atoms with van der Waals surface area (Å²) in [7, 11) is 2.10. The highest BCUT2D eigenvalue weighted by molar-refractivity contribution is 5.07. The van der Waals surface area contributed by atoms with Crippen LogP contribution < -0.4 is 5.32 Å². The van der Waals surface area contributed by atoms with Gasteiger partial charge in [-0.25, -0.2) is 4.98 Å². The molecule has 1 aliphatic carbocycles. The lowest BCUT2D eigenvalue weighted by Crippen LogP contribution is -2.32. The average Bonchev–Trinajstić information content (AvgIpc) is 2.82. The Morgan fingerprint density at radius 1 is 1.44 bits per heavy atom. The number of imidazole rings is 1. The van der Waals surface area contributed by atoms with E-state index in [-0.39, 0.29) is 0 Å². The number of nitrogens with zero attached hydrogens (tertiary/aromatic N) is 2. The second-order valence-corrected chi connectivity index (χ2v) is 5.67. The molecule has 0 aliphatic heterocycles. The fourth-order valence-corrected chi connectivity index (χ4v) is 3.41. The second kappa shape index (κ2) is 6.37. The van der Waals surface area contributed by atoms with E-state index in [0.717, 1.165) is 18.4 Å². The summed E-state index contributed by atoms with van der Waals surface area (Å²) in [5.74, 6) is 1.71. The molecule has 0 bridgehead atoms. The van der Waals surface area contributed by atoms with Crippen molar-refractivity contribution in [2.75, 3.05) is 6.54 Å². The number of nitrogens with one attached hydrogen (secondary N) is 1. The number of aromatic nitrogens is 2. The SMILES string of the molecule is CCNC(c1cncn1C)C1CCCC(CC)C1. The maximum Gasteiger partial charge on any atom is 0.0946 e. The summed E-state index contributed by atoms with van der Waals surface area (Å²) in [4.78, 5) is 4.28. The molecule has 2 rings (SSSR count). The summed E-state index contributed by atoms with van der Waals surface area (Å²) in [6.45, 7) is 5.56. The first-order valence-electron chi connectivity index (χ1n) is 7.45. The minimum atomic E-state index is 0.483. The molecular weight excluding hydrogens is 222 g/mol. The first kappa shape index (κ1) is 13.6. The smallest absolute Gasteiger partial charge is 0.0946 e. The second-order valence-electron chi connectivity index (χ2n) is 5.67. The standard InChI is InChI=1S/C15H27N3/c1-4-12-7-6-8-13(9-12)15(17-5-2)14-10-16-11-18(14)3/h10-13,15,17H,4-9H2,1-3H3. The number of rotatable bonds is 5. The van der Waals surface area contributed by atoms with Gasteiger partial charge in [-0.05, 0) is 31.2 Å². The Morgan fingerprint density at radius 3 is 2.89 bits per heavy atom. The van der Waals surface area contributed by atoms with Crippen LogP contribution in [0.1, 0.15) is 57.7 Å². The zero-order chi connectivity index (χ0) is 13.0. The number of hydrogen-bond acceptors (Lipinski definition) is 2.